The fraction of sp³-hybridized carbons (Fsp3) is 0.0625. The summed E-state index contributed by atoms with van der Waals surface area (Å²) in [5, 5.41) is 1.09. The number of fused-ring (bicyclic) bond motifs is 1. The van der Waals surface area contributed by atoms with E-state index in [0.29, 0.717) is 4.99 Å². The van der Waals surface area contributed by atoms with Crippen molar-refractivity contribution < 1.29 is 0 Å². The zero-order valence-electron chi connectivity index (χ0n) is 10.6. The van der Waals surface area contributed by atoms with Crippen LogP contribution >= 0.6 is 12.2 Å². The van der Waals surface area contributed by atoms with E-state index in [1.807, 2.05) is 18.2 Å². The molecule has 0 atom stereocenters. The highest BCUT2D eigenvalue weighted by Crippen LogP contribution is 2.30. The summed E-state index contributed by atoms with van der Waals surface area (Å²) in [6.45, 7) is 2.07. The standard InChI is InChI=1S/C16H14N2S/c1-10-7-8-13-12(9-10)14(16(17)19)15(18-13)11-5-3-2-4-6-11/h2-9,18H,1H3,(H2,17,19). The zero-order chi connectivity index (χ0) is 13.4. The van der Waals surface area contributed by atoms with Gasteiger partial charge in [0.05, 0.1) is 5.69 Å². The minimum atomic E-state index is 0.427. The molecule has 3 heteroatoms. The summed E-state index contributed by atoms with van der Waals surface area (Å²) >= 11 is 5.23. The number of H-pyrrole nitrogens is 1. The molecule has 0 spiro atoms. The Morgan fingerprint density at radius 2 is 1.84 bits per heavy atom. The number of aryl methyl sites for hydroxylation is 1. The van der Waals surface area contributed by atoms with E-state index >= 15 is 0 Å². The van der Waals surface area contributed by atoms with Gasteiger partial charge in [0, 0.05) is 16.5 Å². The summed E-state index contributed by atoms with van der Waals surface area (Å²) in [6, 6.07) is 16.4. The van der Waals surface area contributed by atoms with Gasteiger partial charge in [-0.1, -0.05) is 54.2 Å². The average molecular weight is 266 g/mol. The number of hydrogen-bond donors (Lipinski definition) is 2. The molecule has 0 amide bonds. The molecule has 0 fully saturated rings. The molecule has 3 N–H and O–H groups in total. The van der Waals surface area contributed by atoms with Crippen LogP contribution in [0.3, 0.4) is 0 Å². The van der Waals surface area contributed by atoms with Crippen LogP contribution < -0.4 is 5.73 Å². The number of aromatic nitrogens is 1. The van der Waals surface area contributed by atoms with E-state index in [2.05, 4.69) is 42.2 Å². The SMILES string of the molecule is Cc1ccc2[nH]c(-c3ccccc3)c(C(N)=S)c2c1. The van der Waals surface area contributed by atoms with Gasteiger partial charge in [0.1, 0.15) is 4.99 Å². The number of benzene rings is 2. The lowest BCUT2D eigenvalue weighted by molar-refractivity contribution is 1.44. The molecule has 0 aliphatic rings. The van der Waals surface area contributed by atoms with Crippen LogP contribution in [0.1, 0.15) is 11.1 Å². The van der Waals surface area contributed by atoms with Crippen molar-refractivity contribution in [3.8, 4) is 11.3 Å². The highest BCUT2D eigenvalue weighted by molar-refractivity contribution is 7.80. The van der Waals surface area contributed by atoms with Crippen LogP contribution in [0.25, 0.3) is 22.2 Å². The van der Waals surface area contributed by atoms with Gasteiger partial charge in [0.25, 0.3) is 0 Å². The fourth-order valence-corrected chi connectivity index (χ4v) is 2.60. The summed E-state index contributed by atoms with van der Waals surface area (Å²) < 4.78 is 0. The first-order chi connectivity index (χ1) is 9.16. The van der Waals surface area contributed by atoms with Gasteiger partial charge < -0.3 is 10.7 Å². The Labute approximate surface area is 117 Å². The van der Waals surface area contributed by atoms with Gasteiger partial charge >= 0.3 is 0 Å². The summed E-state index contributed by atoms with van der Waals surface area (Å²) in [6.07, 6.45) is 0. The van der Waals surface area contributed by atoms with Gasteiger partial charge in [-0.15, -0.1) is 0 Å². The van der Waals surface area contributed by atoms with Crippen LogP contribution in [-0.4, -0.2) is 9.97 Å². The van der Waals surface area contributed by atoms with E-state index in [9.17, 15) is 0 Å². The van der Waals surface area contributed by atoms with Crippen molar-refractivity contribution in [3.63, 3.8) is 0 Å². The van der Waals surface area contributed by atoms with Crippen molar-refractivity contribution >= 4 is 28.1 Å². The van der Waals surface area contributed by atoms with E-state index < -0.39 is 0 Å². The van der Waals surface area contributed by atoms with Gasteiger partial charge in [-0.05, 0) is 24.6 Å². The lowest BCUT2D eigenvalue weighted by Gasteiger charge is -2.03. The molecule has 0 saturated heterocycles. The molecule has 2 nitrogen and oxygen atoms in total. The normalized spacial score (nSPS) is 10.8. The first kappa shape index (κ1) is 11.9. The first-order valence-electron chi connectivity index (χ1n) is 6.14. The second-order valence-corrected chi connectivity index (χ2v) is 5.09. The zero-order valence-corrected chi connectivity index (χ0v) is 11.4. The Morgan fingerprint density at radius 3 is 2.53 bits per heavy atom. The number of nitrogens with one attached hydrogen (secondary N) is 1. The van der Waals surface area contributed by atoms with Crippen molar-refractivity contribution in [2.45, 2.75) is 6.92 Å². The Balaban J connectivity index is 2.36. The van der Waals surface area contributed by atoms with Gasteiger partial charge in [-0.3, -0.25) is 0 Å². The van der Waals surface area contributed by atoms with Crippen LogP contribution in [0.2, 0.25) is 0 Å². The van der Waals surface area contributed by atoms with Gasteiger partial charge in [-0.25, -0.2) is 0 Å². The molecule has 0 saturated carbocycles. The predicted molar refractivity (Wildman–Crippen MR) is 84.4 cm³/mol. The molecule has 3 aromatic rings. The molecule has 0 aliphatic heterocycles. The molecular weight excluding hydrogens is 252 g/mol. The monoisotopic (exact) mass is 266 g/mol. The molecule has 19 heavy (non-hydrogen) atoms. The van der Waals surface area contributed by atoms with Crippen LogP contribution in [0, 0.1) is 6.92 Å². The van der Waals surface area contributed by atoms with Crippen LogP contribution in [0.4, 0.5) is 0 Å². The van der Waals surface area contributed by atoms with Crippen molar-refractivity contribution in [3.05, 3.63) is 59.7 Å². The van der Waals surface area contributed by atoms with Crippen molar-refractivity contribution in [2.24, 2.45) is 5.73 Å². The highest BCUT2D eigenvalue weighted by atomic mass is 32.1. The molecule has 1 aromatic heterocycles. The van der Waals surface area contributed by atoms with E-state index in [4.69, 9.17) is 18.0 Å². The van der Waals surface area contributed by atoms with Crippen molar-refractivity contribution in [1.82, 2.24) is 4.98 Å². The smallest absolute Gasteiger partial charge is 0.106 e. The third kappa shape index (κ3) is 2.02. The molecule has 0 radical (unpaired) electrons. The minimum Gasteiger partial charge on any atom is -0.389 e. The lowest BCUT2D eigenvalue weighted by Crippen LogP contribution is -2.10. The summed E-state index contributed by atoms with van der Waals surface area (Å²) in [5.74, 6) is 0. The quantitative estimate of drug-likeness (QED) is 0.693. The second kappa shape index (κ2) is 4.52. The molecule has 2 aromatic carbocycles. The molecular formula is C16H14N2S. The van der Waals surface area contributed by atoms with E-state index in [0.717, 1.165) is 27.7 Å². The first-order valence-corrected chi connectivity index (χ1v) is 6.55. The lowest BCUT2D eigenvalue weighted by atomic mass is 10.0. The highest BCUT2D eigenvalue weighted by Gasteiger charge is 2.14. The molecule has 1 heterocycles. The van der Waals surface area contributed by atoms with E-state index in [1.54, 1.807) is 0 Å². The minimum absolute atomic E-state index is 0.427. The third-order valence-electron chi connectivity index (χ3n) is 3.26. The van der Waals surface area contributed by atoms with Gasteiger partial charge in [0.2, 0.25) is 0 Å². The van der Waals surface area contributed by atoms with Gasteiger partial charge in [-0.2, -0.15) is 0 Å². The summed E-state index contributed by atoms with van der Waals surface area (Å²) in [5.41, 5.74) is 11.2. The fourth-order valence-electron chi connectivity index (χ4n) is 2.38. The number of nitrogens with two attached hydrogens (primary N) is 1. The number of thiocarbonyl (C=S) groups is 1. The third-order valence-corrected chi connectivity index (χ3v) is 3.47. The molecule has 0 bridgehead atoms. The number of hydrogen-bond acceptors (Lipinski definition) is 1. The summed E-state index contributed by atoms with van der Waals surface area (Å²) in [7, 11) is 0. The molecule has 94 valence electrons. The second-order valence-electron chi connectivity index (χ2n) is 4.65. The van der Waals surface area contributed by atoms with Crippen molar-refractivity contribution in [2.75, 3.05) is 0 Å². The maximum atomic E-state index is 5.92. The Kier molecular flexibility index (Phi) is 2.84. The van der Waals surface area contributed by atoms with Gasteiger partial charge in [0.15, 0.2) is 0 Å². The number of aromatic amines is 1. The molecule has 0 unspecified atom stereocenters. The maximum absolute atomic E-state index is 5.92. The average Bonchev–Trinajstić information content (AvgIpc) is 2.78. The van der Waals surface area contributed by atoms with E-state index in [-0.39, 0.29) is 0 Å². The Morgan fingerprint density at radius 1 is 1.11 bits per heavy atom. The van der Waals surface area contributed by atoms with Crippen LogP contribution in [-0.2, 0) is 0 Å². The van der Waals surface area contributed by atoms with Crippen molar-refractivity contribution in [1.29, 1.82) is 0 Å². The Hall–Kier alpha value is -2.13. The summed E-state index contributed by atoms with van der Waals surface area (Å²) in [4.78, 5) is 3.85. The topological polar surface area (TPSA) is 41.8 Å². The molecule has 3 rings (SSSR count). The number of rotatable bonds is 2. The van der Waals surface area contributed by atoms with Crippen LogP contribution in [0.5, 0.6) is 0 Å². The molecule has 0 aliphatic carbocycles. The van der Waals surface area contributed by atoms with E-state index in [1.165, 1.54) is 5.56 Å². The largest absolute Gasteiger partial charge is 0.389 e. The van der Waals surface area contributed by atoms with Crippen LogP contribution in [0.15, 0.2) is 48.5 Å². The predicted octanol–water partition coefficient (Wildman–Crippen LogP) is 3.78. The maximum Gasteiger partial charge on any atom is 0.106 e. The Bertz CT molecular complexity index is 757.